The van der Waals surface area contributed by atoms with Gasteiger partial charge in [0, 0.05) is 37.9 Å². The maximum absolute atomic E-state index is 12.5. The first kappa shape index (κ1) is 16.8. The smallest absolute Gasteiger partial charge is 0.274 e. The van der Waals surface area contributed by atoms with Crippen LogP contribution in [-0.2, 0) is 4.79 Å². The first-order valence-electron chi connectivity index (χ1n) is 7.46. The summed E-state index contributed by atoms with van der Waals surface area (Å²) < 4.78 is 0. The van der Waals surface area contributed by atoms with Crippen LogP contribution in [0.2, 0.25) is 0 Å². The van der Waals surface area contributed by atoms with Crippen LogP contribution in [-0.4, -0.2) is 70.6 Å². The van der Waals surface area contributed by atoms with Crippen LogP contribution in [0.1, 0.15) is 29.0 Å². The Kier molecular flexibility index (Phi) is 5.42. The number of nitrogens with one attached hydrogen (secondary N) is 2. The van der Waals surface area contributed by atoms with E-state index in [2.05, 4.69) is 15.5 Å². The summed E-state index contributed by atoms with van der Waals surface area (Å²) in [5.41, 5.74) is 1.34. The van der Waals surface area contributed by atoms with Gasteiger partial charge < -0.3 is 15.1 Å². The quantitative estimate of drug-likeness (QED) is 0.811. The number of likely N-dealkylation sites (tertiary alicyclic amines) is 1. The minimum atomic E-state index is -0.0494. The molecule has 1 aromatic rings. The van der Waals surface area contributed by atoms with E-state index in [0.29, 0.717) is 18.8 Å². The van der Waals surface area contributed by atoms with Crippen LogP contribution >= 0.6 is 12.4 Å². The van der Waals surface area contributed by atoms with Crippen molar-refractivity contribution in [2.24, 2.45) is 0 Å². The summed E-state index contributed by atoms with van der Waals surface area (Å²) in [5, 5.41) is 9.92. The van der Waals surface area contributed by atoms with Crippen molar-refractivity contribution in [1.29, 1.82) is 0 Å². The number of aryl methyl sites for hydroxylation is 1. The molecule has 2 aliphatic heterocycles. The number of aromatic nitrogens is 2. The Labute approximate surface area is 135 Å². The van der Waals surface area contributed by atoms with Crippen molar-refractivity contribution in [2.75, 3.05) is 32.7 Å². The van der Waals surface area contributed by atoms with E-state index in [0.717, 1.165) is 38.2 Å². The number of halogens is 1. The Morgan fingerprint density at radius 2 is 2.23 bits per heavy atom. The molecule has 0 radical (unpaired) electrons. The van der Waals surface area contributed by atoms with E-state index in [1.807, 2.05) is 16.7 Å². The number of hydrogen-bond acceptors (Lipinski definition) is 4. The van der Waals surface area contributed by atoms with E-state index in [4.69, 9.17) is 0 Å². The highest BCUT2D eigenvalue weighted by Gasteiger charge is 2.32. The molecule has 0 bridgehead atoms. The number of hydrogen-bond donors (Lipinski definition) is 2. The summed E-state index contributed by atoms with van der Waals surface area (Å²) >= 11 is 0. The lowest BCUT2D eigenvalue weighted by atomic mass is 10.0. The summed E-state index contributed by atoms with van der Waals surface area (Å²) in [6.07, 6.45) is 1.89. The third-order valence-electron chi connectivity index (χ3n) is 4.18. The molecule has 2 amide bonds. The molecule has 3 rings (SSSR count). The SMILES string of the molecule is Cc1cc(C(=O)N2CCCC(N3CCNCC3=O)C2)n[nH]1.Cl. The van der Waals surface area contributed by atoms with Gasteiger partial charge >= 0.3 is 0 Å². The van der Waals surface area contributed by atoms with Gasteiger partial charge in [0.1, 0.15) is 5.69 Å². The van der Waals surface area contributed by atoms with E-state index in [-0.39, 0.29) is 30.3 Å². The van der Waals surface area contributed by atoms with Crippen LogP contribution in [0.5, 0.6) is 0 Å². The largest absolute Gasteiger partial charge is 0.336 e. The van der Waals surface area contributed by atoms with Crippen LogP contribution in [0.15, 0.2) is 6.07 Å². The zero-order chi connectivity index (χ0) is 14.8. The van der Waals surface area contributed by atoms with Crippen molar-refractivity contribution in [3.05, 3.63) is 17.5 Å². The van der Waals surface area contributed by atoms with Gasteiger partial charge in [-0.25, -0.2) is 0 Å². The number of piperazine rings is 1. The van der Waals surface area contributed by atoms with Crippen LogP contribution in [0.4, 0.5) is 0 Å². The van der Waals surface area contributed by atoms with Crippen molar-refractivity contribution in [3.8, 4) is 0 Å². The predicted molar refractivity (Wildman–Crippen MR) is 84.1 cm³/mol. The van der Waals surface area contributed by atoms with Crippen LogP contribution in [0.25, 0.3) is 0 Å². The number of rotatable bonds is 2. The lowest BCUT2D eigenvalue weighted by Crippen LogP contribution is -2.57. The van der Waals surface area contributed by atoms with Crippen molar-refractivity contribution in [3.63, 3.8) is 0 Å². The Bertz CT molecular complexity index is 547. The molecule has 122 valence electrons. The van der Waals surface area contributed by atoms with Crippen LogP contribution in [0, 0.1) is 6.92 Å². The lowest BCUT2D eigenvalue weighted by Gasteiger charge is -2.40. The number of carbonyl (C=O) groups excluding carboxylic acids is 2. The van der Waals surface area contributed by atoms with Crippen molar-refractivity contribution in [2.45, 2.75) is 25.8 Å². The highest BCUT2D eigenvalue weighted by atomic mass is 35.5. The van der Waals surface area contributed by atoms with Gasteiger partial charge in [-0.2, -0.15) is 5.10 Å². The number of carbonyl (C=O) groups is 2. The van der Waals surface area contributed by atoms with Gasteiger partial charge in [0.05, 0.1) is 6.54 Å². The Hall–Kier alpha value is -1.60. The minimum Gasteiger partial charge on any atom is -0.336 e. The maximum Gasteiger partial charge on any atom is 0.274 e. The molecular formula is C14H22ClN5O2. The van der Waals surface area contributed by atoms with Crippen molar-refractivity contribution >= 4 is 24.2 Å². The van der Waals surface area contributed by atoms with E-state index >= 15 is 0 Å². The van der Waals surface area contributed by atoms with Crippen molar-refractivity contribution in [1.82, 2.24) is 25.3 Å². The van der Waals surface area contributed by atoms with Gasteiger partial charge in [0.15, 0.2) is 0 Å². The van der Waals surface area contributed by atoms with Gasteiger partial charge in [0.25, 0.3) is 5.91 Å². The summed E-state index contributed by atoms with van der Waals surface area (Å²) in [6, 6.07) is 1.90. The van der Waals surface area contributed by atoms with Gasteiger partial charge in [-0.15, -0.1) is 12.4 Å². The van der Waals surface area contributed by atoms with E-state index in [1.165, 1.54) is 0 Å². The fraction of sp³-hybridized carbons (Fsp3) is 0.643. The topological polar surface area (TPSA) is 81.3 Å². The number of H-pyrrole nitrogens is 1. The molecule has 3 heterocycles. The van der Waals surface area contributed by atoms with E-state index < -0.39 is 0 Å². The Morgan fingerprint density at radius 3 is 2.91 bits per heavy atom. The molecule has 0 spiro atoms. The number of piperidine rings is 1. The fourth-order valence-corrected chi connectivity index (χ4v) is 3.09. The third kappa shape index (κ3) is 3.41. The molecule has 0 aromatic carbocycles. The summed E-state index contributed by atoms with van der Waals surface area (Å²) in [5.74, 6) is 0.0859. The molecule has 7 nitrogen and oxygen atoms in total. The zero-order valence-corrected chi connectivity index (χ0v) is 13.5. The number of amides is 2. The molecule has 8 heteroatoms. The average molecular weight is 328 g/mol. The fourth-order valence-electron chi connectivity index (χ4n) is 3.09. The summed E-state index contributed by atoms with van der Waals surface area (Å²) in [7, 11) is 0. The molecule has 2 N–H and O–H groups in total. The van der Waals surface area contributed by atoms with Crippen LogP contribution < -0.4 is 5.32 Å². The van der Waals surface area contributed by atoms with Gasteiger partial charge in [-0.3, -0.25) is 14.7 Å². The number of nitrogens with zero attached hydrogens (tertiary/aromatic N) is 3. The maximum atomic E-state index is 12.5. The minimum absolute atomic E-state index is 0. The Morgan fingerprint density at radius 1 is 1.41 bits per heavy atom. The molecule has 22 heavy (non-hydrogen) atoms. The second-order valence-electron chi connectivity index (χ2n) is 5.75. The first-order chi connectivity index (χ1) is 10.1. The second kappa shape index (κ2) is 7.11. The first-order valence-corrected chi connectivity index (χ1v) is 7.46. The number of aromatic amines is 1. The molecule has 2 fully saturated rings. The average Bonchev–Trinajstić information content (AvgIpc) is 2.94. The van der Waals surface area contributed by atoms with E-state index in [9.17, 15) is 9.59 Å². The van der Waals surface area contributed by atoms with Gasteiger partial charge in [-0.1, -0.05) is 0 Å². The Balaban J connectivity index is 0.00000176. The highest BCUT2D eigenvalue weighted by molar-refractivity contribution is 5.92. The lowest BCUT2D eigenvalue weighted by molar-refractivity contribution is -0.135. The van der Waals surface area contributed by atoms with Gasteiger partial charge in [0.2, 0.25) is 5.91 Å². The molecular weight excluding hydrogens is 306 g/mol. The predicted octanol–water partition coefficient (Wildman–Crippen LogP) is 0.176. The standard InChI is InChI=1S/C14H21N5O2.ClH/c1-10-7-12(17-16-10)14(21)18-5-2-3-11(9-18)19-6-4-15-8-13(19)20;/h7,11,15H,2-6,8-9H2,1H3,(H,16,17);1H. The molecule has 1 aromatic heterocycles. The molecule has 0 aliphatic carbocycles. The normalized spacial score (nSPS) is 22.4. The van der Waals surface area contributed by atoms with E-state index in [1.54, 1.807) is 6.07 Å². The molecule has 2 aliphatic rings. The monoisotopic (exact) mass is 327 g/mol. The summed E-state index contributed by atoms with van der Waals surface area (Å²) in [6.45, 7) is 5.19. The molecule has 1 unspecified atom stereocenters. The third-order valence-corrected chi connectivity index (χ3v) is 4.18. The molecule has 1 atom stereocenters. The molecule has 0 saturated carbocycles. The van der Waals surface area contributed by atoms with Crippen LogP contribution in [0.3, 0.4) is 0 Å². The van der Waals surface area contributed by atoms with Gasteiger partial charge in [-0.05, 0) is 25.8 Å². The molecule has 2 saturated heterocycles. The second-order valence-corrected chi connectivity index (χ2v) is 5.75. The van der Waals surface area contributed by atoms with Crippen molar-refractivity contribution < 1.29 is 9.59 Å². The zero-order valence-electron chi connectivity index (χ0n) is 12.7. The highest BCUT2D eigenvalue weighted by Crippen LogP contribution is 2.18. The summed E-state index contributed by atoms with van der Waals surface area (Å²) in [4.78, 5) is 28.2.